The second-order valence-corrected chi connectivity index (χ2v) is 36.0. The molecule has 0 bridgehead atoms. The maximum atomic E-state index is 11.0. The highest BCUT2D eigenvalue weighted by molar-refractivity contribution is 6.29. The van der Waals surface area contributed by atoms with Crippen LogP contribution in [0.1, 0.15) is 11.1 Å². The van der Waals surface area contributed by atoms with Crippen molar-refractivity contribution < 1.29 is 13.3 Å². The van der Waals surface area contributed by atoms with Gasteiger partial charge in [-0.2, -0.15) is 10.5 Å². The Morgan fingerprint density at radius 1 is 0.206 bits per heavy atom. The highest BCUT2D eigenvalue weighted by Crippen LogP contribution is 2.50. The van der Waals surface area contributed by atoms with Gasteiger partial charge in [-0.1, -0.05) is 297 Å². The van der Waals surface area contributed by atoms with E-state index in [0.717, 1.165) is 232 Å². The van der Waals surface area contributed by atoms with Gasteiger partial charge in [0.15, 0.2) is 5.69 Å². The molecule has 9 aromatic heterocycles. The molecular weight excluding hydrogens is 1720 g/mol. The fraction of sp³-hybridized carbons (Fsp3) is 0. The molecule has 0 unspecified atom stereocenters. The Hall–Kier alpha value is -19.7. The molecule has 0 N–H and O–H groups in total. The van der Waals surface area contributed by atoms with Gasteiger partial charge in [0.05, 0.1) is 118 Å². The number of para-hydroxylation sites is 15. The number of nitrogens with zero attached hydrogens (tertiary/aromatic N) is 9. The lowest BCUT2D eigenvalue weighted by Crippen LogP contribution is -2.02. The normalized spacial score (nSPS) is 11.8. The summed E-state index contributed by atoms with van der Waals surface area (Å²) < 4.78 is 32.9. The molecule has 30 rings (SSSR count). The van der Waals surface area contributed by atoms with Crippen molar-refractivity contribution >= 4 is 202 Å². The van der Waals surface area contributed by atoms with Crippen LogP contribution in [-0.4, -0.2) is 27.4 Å². The predicted octanol–water partition coefficient (Wildman–Crippen LogP) is 34.6. The summed E-state index contributed by atoms with van der Waals surface area (Å²) in [4.78, 5) is 4.02. The van der Waals surface area contributed by atoms with Crippen molar-refractivity contribution in [3.8, 4) is 79.6 Å². The summed E-state index contributed by atoms with van der Waals surface area (Å²) in [6, 6.07) is 163. The van der Waals surface area contributed by atoms with Crippen LogP contribution in [-0.2, 0) is 0 Å². The zero-order valence-electron chi connectivity index (χ0n) is 75.6. The minimum atomic E-state index is 0.613. The molecule has 0 fully saturated rings. The van der Waals surface area contributed by atoms with Crippen molar-refractivity contribution in [3.63, 3.8) is 0 Å². The number of hydrogen-bond donors (Lipinski definition) is 0. The number of hydrogen-bond acceptors (Lipinski definition) is 5. The van der Waals surface area contributed by atoms with Gasteiger partial charge in [0, 0.05) is 114 Å². The first kappa shape index (κ1) is 79.8. The third kappa shape index (κ3) is 12.1. The Kier molecular flexibility index (Phi) is 18.0. The Morgan fingerprint density at radius 3 is 1.12 bits per heavy atom. The fourth-order valence-electron chi connectivity index (χ4n) is 22.8. The molecule has 30 aromatic rings. The summed E-state index contributed by atoms with van der Waals surface area (Å²) in [5.74, 6) is 0. The van der Waals surface area contributed by atoms with Crippen molar-refractivity contribution in [2.24, 2.45) is 0 Å². The molecule has 654 valence electrons. The number of aromatic nitrogens is 6. The molecule has 9 heterocycles. The van der Waals surface area contributed by atoms with Crippen molar-refractivity contribution in [2.75, 3.05) is 0 Å². The van der Waals surface area contributed by atoms with Crippen LogP contribution in [0.25, 0.3) is 269 Å². The third-order valence-electron chi connectivity index (χ3n) is 28.7. The van der Waals surface area contributed by atoms with E-state index in [4.69, 9.17) is 19.8 Å². The van der Waals surface area contributed by atoms with E-state index < -0.39 is 0 Å². The van der Waals surface area contributed by atoms with Crippen molar-refractivity contribution in [1.29, 1.82) is 10.5 Å². The van der Waals surface area contributed by atoms with E-state index >= 15 is 0 Å². The van der Waals surface area contributed by atoms with Gasteiger partial charge in [0.25, 0.3) is 0 Å². The van der Waals surface area contributed by atoms with E-state index in [2.05, 4.69) is 445 Å². The smallest absolute Gasteiger partial charge is 0.195 e. The largest absolute Gasteiger partial charge is 0.456 e. The first-order valence-electron chi connectivity index (χ1n) is 47.3. The van der Waals surface area contributed by atoms with E-state index in [0.29, 0.717) is 16.8 Å². The monoisotopic (exact) mass is 1800 g/mol. The maximum absolute atomic E-state index is 11.0. The molecule has 0 amide bonds. The maximum Gasteiger partial charge on any atom is 0.195 e. The van der Waals surface area contributed by atoms with Crippen molar-refractivity contribution in [2.45, 2.75) is 0 Å². The van der Waals surface area contributed by atoms with E-state index in [9.17, 15) is 10.5 Å². The number of benzene rings is 21. The van der Waals surface area contributed by atoms with Crippen LogP contribution in [0, 0.1) is 29.2 Å². The van der Waals surface area contributed by atoms with Gasteiger partial charge in [-0.25, -0.2) is 4.85 Å². The van der Waals surface area contributed by atoms with Crippen LogP contribution in [0.5, 0.6) is 0 Å². The number of nitriles is 2. The van der Waals surface area contributed by atoms with Crippen molar-refractivity contribution in [3.05, 3.63) is 478 Å². The van der Waals surface area contributed by atoms with E-state index in [1.807, 2.05) is 54.6 Å². The fourth-order valence-corrected chi connectivity index (χ4v) is 22.8. The second kappa shape index (κ2) is 31.7. The lowest BCUT2D eigenvalue weighted by molar-refractivity contribution is 0.669. The Bertz CT molecular complexity index is 10500. The third-order valence-corrected chi connectivity index (χ3v) is 28.7. The van der Waals surface area contributed by atoms with Crippen LogP contribution < -0.4 is 0 Å². The van der Waals surface area contributed by atoms with Crippen LogP contribution >= 0.6 is 0 Å². The Balaban J connectivity index is 0.000000104. The zero-order chi connectivity index (χ0) is 93.2. The minimum Gasteiger partial charge on any atom is -0.456 e. The number of fused-ring (bicyclic) bond motifs is 29. The van der Waals surface area contributed by atoms with Gasteiger partial charge in [0.2, 0.25) is 0 Å². The van der Waals surface area contributed by atoms with Crippen LogP contribution in [0.3, 0.4) is 0 Å². The van der Waals surface area contributed by atoms with Gasteiger partial charge in [0.1, 0.15) is 45.6 Å². The van der Waals surface area contributed by atoms with E-state index in [1.54, 1.807) is 0 Å². The molecule has 0 atom stereocenters. The summed E-state index contributed by atoms with van der Waals surface area (Å²) in [7, 11) is 0. The molecule has 12 heteroatoms. The molecule has 0 saturated carbocycles. The highest BCUT2D eigenvalue weighted by Gasteiger charge is 2.29. The summed E-state index contributed by atoms with van der Waals surface area (Å²) in [6.07, 6.45) is 0. The summed E-state index contributed by atoms with van der Waals surface area (Å²) >= 11 is 0. The lowest BCUT2D eigenvalue weighted by Gasteiger charge is -2.17. The summed E-state index contributed by atoms with van der Waals surface area (Å²) in [5.41, 5.74) is 32.0. The molecule has 141 heavy (non-hydrogen) atoms. The molecular formula is C129H75N9O3. The SMILES string of the molecule is N#Cc1c(-c2ccccc2-n2c3ccccc3c3ccccc32)cccc1-n1c2ccccc2c2c3c(ccc21)oc1ccccc13.N#Cc1ccc(-c2ccccc2-n2c3ccccc3c3ccccc32)cc1-n1c2ccccc2c2cc3oc4ccccc4c3cc21.[C-]#[N+]c1ccc(-n2c3ccccc3c3c4oc5ccccc5c4ccc32)cc1-c1ccccc1-n1c2ccccc2c2ccccc21. The van der Waals surface area contributed by atoms with Crippen LogP contribution in [0.15, 0.2) is 468 Å². The van der Waals surface area contributed by atoms with Crippen molar-refractivity contribution in [1.82, 2.24) is 27.4 Å². The minimum absolute atomic E-state index is 0.613. The molecule has 12 nitrogen and oxygen atoms in total. The zero-order valence-corrected chi connectivity index (χ0v) is 75.6. The highest BCUT2D eigenvalue weighted by atomic mass is 16.3. The quantitative estimate of drug-likeness (QED) is 0.133. The van der Waals surface area contributed by atoms with Crippen LogP contribution in [0.4, 0.5) is 5.69 Å². The van der Waals surface area contributed by atoms with Gasteiger partial charge in [-0.15, -0.1) is 0 Å². The first-order chi connectivity index (χ1) is 69.9. The topological polar surface area (TPSA) is 121 Å². The molecule has 21 aromatic carbocycles. The van der Waals surface area contributed by atoms with Gasteiger partial charge < -0.3 is 40.7 Å². The number of furan rings is 3. The molecule has 0 radical (unpaired) electrons. The first-order valence-corrected chi connectivity index (χ1v) is 47.3. The average Bonchev–Trinajstić information content (AvgIpc) is 1.55. The van der Waals surface area contributed by atoms with Gasteiger partial charge >= 0.3 is 0 Å². The summed E-state index contributed by atoms with van der Waals surface area (Å²) in [5, 5.41) is 41.9. The Labute approximate surface area is 805 Å². The second-order valence-electron chi connectivity index (χ2n) is 36.0. The standard InChI is InChI=1S/3C43H25N3O/c1-44-35-24-22-27(45-39-20-10-5-16-33(39)42-40(45)25-23-32-31-15-6-11-21-41(31)47-43(32)42)26-34(35)30-14-4-9-19-38(30)46-36-17-7-2-12-28(36)29-13-3-8-18-37(29)46;44-26-33-27(28-12-1-6-18-34(28)45-35-19-7-2-13-29(35)30-14-3-8-20-36(30)45)17-11-22-38(33)46-37-21-9-4-15-31(37)42-39(46)24-25-41-43(42)32-16-5-10-23-40(32)47-41;44-26-28-22-21-27(29-11-1-6-16-36(29)45-37-17-7-2-12-30(37)31-13-3-8-18-38(31)45)23-40(28)46-39-19-9-4-14-32(39)34-25-43-35(24-41(34)46)33-15-5-10-20-42(33)47-43/h2-26H;2*1-25H. The van der Waals surface area contributed by atoms with Gasteiger partial charge in [-0.05, 0) is 174 Å². The molecule has 0 saturated heterocycles. The lowest BCUT2D eigenvalue weighted by atomic mass is 9.96. The average molecular weight is 1800 g/mol. The van der Waals surface area contributed by atoms with Gasteiger partial charge in [-0.3, -0.25) is 0 Å². The molecule has 0 aliphatic heterocycles. The Morgan fingerprint density at radius 2 is 0.589 bits per heavy atom. The molecule has 0 spiro atoms. The van der Waals surface area contributed by atoms with Crippen LogP contribution in [0.2, 0.25) is 0 Å². The molecule has 0 aliphatic rings. The predicted molar refractivity (Wildman–Crippen MR) is 579 cm³/mol. The van der Waals surface area contributed by atoms with E-state index in [1.165, 1.54) is 32.3 Å². The number of rotatable bonds is 9. The summed E-state index contributed by atoms with van der Waals surface area (Å²) in [6.45, 7) is 8.19. The van der Waals surface area contributed by atoms with E-state index in [-0.39, 0.29) is 0 Å². The molecule has 0 aliphatic carbocycles.